The minimum absolute atomic E-state index is 0.917. The van der Waals surface area contributed by atoms with E-state index in [9.17, 15) is 5.11 Å². The average Bonchev–Trinajstić information content (AvgIpc) is 2.15. The molecule has 1 aromatic carbocycles. The fourth-order valence-corrected chi connectivity index (χ4v) is 1.89. The molecular weight excluding hydrogens is 174 g/mol. The number of rotatable bonds is 1. The first-order valence-electron chi connectivity index (χ1n) is 4.94. The second kappa shape index (κ2) is 3.14. The van der Waals surface area contributed by atoms with Gasteiger partial charge in [-0.1, -0.05) is 25.1 Å². The quantitative estimate of drug-likeness (QED) is 0.711. The van der Waals surface area contributed by atoms with Gasteiger partial charge in [0.05, 0.1) is 0 Å². The molecule has 2 N–H and O–H groups in total. The highest BCUT2D eigenvalue weighted by atomic mass is 16.3. The normalized spacial score (nSPS) is 24.9. The van der Waals surface area contributed by atoms with Crippen molar-refractivity contribution in [1.29, 1.82) is 0 Å². The van der Waals surface area contributed by atoms with E-state index >= 15 is 0 Å². The van der Waals surface area contributed by atoms with Gasteiger partial charge in [0.1, 0.15) is 0 Å². The van der Waals surface area contributed by atoms with Crippen LogP contribution in [0, 0.1) is 0 Å². The molecule has 1 heterocycles. The van der Waals surface area contributed by atoms with Crippen molar-refractivity contribution in [3.63, 3.8) is 0 Å². The second-order valence-corrected chi connectivity index (χ2v) is 3.84. The molecule has 2 heteroatoms. The zero-order valence-electron chi connectivity index (χ0n) is 8.54. The number of para-hydroxylation sites is 1. The highest BCUT2D eigenvalue weighted by Crippen LogP contribution is 2.33. The number of benzene rings is 1. The Morgan fingerprint density at radius 3 is 2.79 bits per heavy atom. The lowest BCUT2D eigenvalue weighted by Gasteiger charge is -2.30. The van der Waals surface area contributed by atoms with E-state index in [0.717, 1.165) is 12.1 Å². The smallest absolute Gasteiger partial charge is 0.152 e. The summed E-state index contributed by atoms with van der Waals surface area (Å²) < 4.78 is 0. The molecule has 2 rings (SSSR count). The zero-order valence-corrected chi connectivity index (χ0v) is 8.54. The molecule has 1 aliphatic rings. The first-order chi connectivity index (χ1) is 6.62. The number of anilines is 1. The van der Waals surface area contributed by atoms with Gasteiger partial charge in [-0.05, 0) is 31.1 Å². The minimum atomic E-state index is -0.917. The van der Waals surface area contributed by atoms with Crippen molar-refractivity contribution < 1.29 is 5.11 Å². The largest absolute Gasteiger partial charge is 0.368 e. The van der Waals surface area contributed by atoms with Gasteiger partial charge in [0.2, 0.25) is 0 Å². The summed E-state index contributed by atoms with van der Waals surface area (Å²) in [4.78, 5) is 0. The van der Waals surface area contributed by atoms with Crippen molar-refractivity contribution in [1.82, 2.24) is 0 Å². The molecule has 0 saturated heterocycles. The van der Waals surface area contributed by atoms with Gasteiger partial charge in [0.15, 0.2) is 5.72 Å². The van der Waals surface area contributed by atoms with Crippen molar-refractivity contribution in [2.75, 3.05) is 5.32 Å². The highest BCUT2D eigenvalue weighted by Gasteiger charge is 2.24. The summed E-state index contributed by atoms with van der Waals surface area (Å²) in [5.74, 6) is 0. The Morgan fingerprint density at radius 1 is 1.36 bits per heavy atom. The predicted molar refractivity (Wildman–Crippen MR) is 59.0 cm³/mol. The van der Waals surface area contributed by atoms with Gasteiger partial charge < -0.3 is 10.4 Å². The standard InChI is InChI=1S/C12H15NO/c1-3-9-8-12(2,14)13-11-7-5-4-6-10(9)11/h4-8,13-14H,3H2,1-2H3. The monoisotopic (exact) mass is 189 g/mol. The molecule has 0 bridgehead atoms. The van der Waals surface area contributed by atoms with Crippen LogP contribution in [0.15, 0.2) is 30.3 Å². The lowest BCUT2D eigenvalue weighted by Crippen LogP contribution is -2.34. The van der Waals surface area contributed by atoms with E-state index in [2.05, 4.69) is 18.3 Å². The van der Waals surface area contributed by atoms with Crippen LogP contribution < -0.4 is 5.32 Å². The van der Waals surface area contributed by atoms with Crippen LogP contribution in [0.4, 0.5) is 5.69 Å². The Hall–Kier alpha value is -1.28. The van der Waals surface area contributed by atoms with Crippen LogP contribution in [0.2, 0.25) is 0 Å². The number of hydrogen-bond donors (Lipinski definition) is 2. The van der Waals surface area contributed by atoms with Gasteiger partial charge in [-0.25, -0.2) is 0 Å². The molecule has 0 aromatic heterocycles. The molecule has 0 spiro atoms. The first kappa shape index (κ1) is 9.28. The van der Waals surface area contributed by atoms with Crippen LogP contribution in [-0.2, 0) is 0 Å². The molecule has 0 saturated carbocycles. The molecule has 0 radical (unpaired) electrons. The van der Waals surface area contributed by atoms with E-state index in [0.29, 0.717) is 0 Å². The molecular formula is C12H15NO. The van der Waals surface area contributed by atoms with Gasteiger partial charge in [0.25, 0.3) is 0 Å². The zero-order chi connectivity index (χ0) is 10.2. The van der Waals surface area contributed by atoms with E-state index in [1.807, 2.05) is 24.3 Å². The van der Waals surface area contributed by atoms with E-state index in [-0.39, 0.29) is 0 Å². The molecule has 1 unspecified atom stereocenters. The van der Waals surface area contributed by atoms with Crippen LogP contribution in [0.3, 0.4) is 0 Å². The number of allylic oxidation sites excluding steroid dienone is 1. The van der Waals surface area contributed by atoms with Gasteiger partial charge in [-0.3, -0.25) is 0 Å². The third kappa shape index (κ3) is 1.53. The van der Waals surface area contributed by atoms with Gasteiger partial charge >= 0.3 is 0 Å². The van der Waals surface area contributed by atoms with Crippen LogP contribution >= 0.6 is 0 Å². The summed E-state index contributed by atoms with van der Waals surface area (Å²) >= 11 is 0. The van der Waals surface area contributed by atoms with Crippen molar-refractivity contribution in [2.45, 2.75) is 26.0 Å². The summed E-state index contributed by atoms with van der Waals surface area (Å²) in [5, 5.41) is 13.0. The number of nitrogens with one attached hydrogen (secondary N) is 1. The van der Waals surface area contributed by atoms with Crippen LogP contribution in [0.1, 0.15) is 25.8 Å². The van der Waals surface area contributed by atoms with Gasteiger partial charge in [-0.2, -0.15) is 0 Å². The number of fused-ring (bicyclic) bond motifs is 1. The molecule has 74 valence electrons. The van der Waals surface area contributed by atoms with Gasteiger partial charge in [-0.15, -0.1) is 0 Å². The number of aliphatic hydroxyl groups is 1. The van der Waals surface area contributed by atoms with Gasteiger partial charge in [0, 0.05) is 11.3 Å². The summed E-state index contributed by atoms with van der Waals surface area (Å²) in [6, 6.07) is 8.06. The summed E-state index contributed by atoms with van der Waals surface area (Å²) in [6.07, 6.45) is 2.82. The third-order valence-corrected chi connectivity index (χ3v) is 2.50. The van der Waals surface area contributed by atoms with Crippen molar-refractivity contribution in [3.8, 4) is 0 Å². The average molecular weight is 189 g/mol. The maximum atomic E-state index is 9.94. The highest BCUT2D eigenvalue weighted by molar-refractivity contribution is 5.80. The molecule has 2 nitrogen and oxygen atoms in total. The molecule has 0 aliphatic carbocycles. The Morgan fingerprint density at radius 2 is 2.07 bits per heavy atom. The Labute approximate surface area is 84.3 Å². The maximum Gasteiger partial charge on any atom is 0.152 e. The maximum absolute atomic E-state index is 9.94. The lowest BCUT2D eigenvalue weighted by atomic mass is 9.94. The first-order valence-corrected chi connectivity index (χ1v) is 4.94. The van der Waals surface area contributed by atoms with E-state index in [1.54, 1.807) is 6.92 Å². The number of hydrogen-bond acceptors (Lipinski definition) is 2. The van der Waals surface area contributed by atoms with Crippen LogP contribution in [0.5, 0.6) is 0 Å². The lowest BCUT2D eigenvalue weighted by molar-refractivity contribution is 0.142. The molecule has 1 atom stereocenters. The summed E-state index contributed by atoms with van der Waals surface area (Å²) in [6.45, 7) is 3.86. The topological polar surface area (TPSA) is 32.3 Å². The Balaban J connectivity index is 2.53. The predicted octanol–water partition coefficient (Wildman–Crippen LogP) is 2.61. The fourth-order valence-electron chi connectivity index (χ4n) is 1.89. The molecule has 0 amide bonds. The van der Waals surface area contributed by atoms with Crippen LogP contribution in [0.25, 0.3) is 5.57 Å². The fraction of sp³-hybridized carbons (Fsp3) is 0.333. The summed E-state index contributed by atoms with van der Waals surface area (Å²) in [5.41, 5.74) is 2.49. The minimum Gasteiger partial charge on any atom is -0.368 e. The van der Waals surface area contributed by atoms with Crippen molar-refractivity contribution in [3.05, 3.63) is 35.9 Å². The molecule has 0 fully saturated rings. The summed E-state index contributed by atoms with van der Waals surface area (Å²) in [7, 11) is 0. The van der Waals surface area contributed by atoms with Crippen molar-refractivity contribution >= 4 is 11.3 Å². The SMILES string of the molecule is CCC1=CC(C)(O)Nc2ccccc21. The molecule has 1 aliphatic heterocycles. The Kier molecular flexibility index (Phi) is 2.08. The van der Waals surface area contributed by atoms with E-state index in [1.165, 1.54) is 11.1 Å². The van der Waals surface area contributed by atoms with E-state index in [4.69, 9.17) is 0 Å². The van der Waals surface area contributed by atoms with Crippen molar-refractivity contribution in [2.24, 2.45) is 0 Å². The molecule has 1 aromatic rings. The molecule has 14 heavy (non-hydrogen) atoms. The van der Waals surface area contributed by atoms with E-state index < -0.39 is 5.72 Å². The Bertz CT molecular complexity index is 380. The second-order valence-electron chi connectivity index (χ2n) is 3.84. The van der Waals surface area contributed by atoms with Crippen LogP contribution in [-0.4, -0.2) is 10.8 Å². The third-order valence-electron chi connectivity index (χ3n) is 2.50.